The summed E-state index contributed by atoms with van der Waals surface area (Å²) in [5.74, 6) is -3.25. The van der Waals surface area contributed by atoms with E-state index in [2.05, 4.69) is 16.0 Å². The Morgan fingerprint density at radius 3 is 1.71 bits per heavy atom. The average Bonchev–Trinajstić information content (AvgIpc) is 2.80. The Labute approximate surface area is 200 Å². The van der Waals surface area contributed by atoms with Crippen LogP contribution in [0.25, 0.3) is 0 Å². The molecule has 0 bridgehead atoms. The molecule has 0 aliphatic rings. The van der Waals surface area contributed by atoms with Crippen molar-refractivity contribution in [3.8, 4) is 5.75 Å². The van der Waals surface area contributed by atoms with Gasteiger partial charge in [-0.05, 0) is 42.9 Å². The summed E-state index contributed by atoms with van der Waals surface area (Å²) in [5.41, 5.74) is 6.81. The first kappa shape index (κ1) is 28.9. The third-order valence-corrected chi connectivity index (χ3v) is 6.04. The third kappa shape index (κ3) is 8.66. The standard InChI is InChI=1S/C24H38N4O6/c1-6-13(3)19(22(31)26-15(5)24(33)34)28-23(32)20(14(4)7-2)27-21(30)18(25)12-16-8-10-17(29)11-9-16/h8-11,13-15,18-20,29H,6-7,12,25H2,1-5H3,(H,26,31)(H,27,30)(H,28,32)(H,33,34). The summed E-state index contributed by atoms with van der Waals surface area (Å²) in [6, 6.07) is 2.39. The molecule has 3 amide bonds. The number of carbonyl (C=O) groups is 4. The fraction of sp³-hybridized carbons (Fsp3) is 0.583. The number of phenolic OH excluding ortho intramolecular Hbond substituents is 1. The molecule has 6 unspecified atom stereocenters. The quantitative estimate of drug-likeness (QED) is 0.245. The number of amides is 3. The van der Waals surface area contributed by atoms with Crippen LogP contribution in [0.3, 0.4) is 0 Å². The highest BCUT2D eigenvalue weighted by Crippen LogP contribution is 2.14. The molecule has 0 saturated heterocycles. The van der Waals surface area contributed by atoms with Crippen LogP contribution in [0.5, 0.6) is 5.75 Å². The van der Waals surface area contributed by atoms with Gasteiger partial charge in [0.2, 0.25) is 17.7 Å². The third-order valence-electron chi connectivity index (χ3n) is 6.04. The summed E-state index contributed by atoms with van der Waals surface area (Å²) in [5, 5.41) is 26.3. The maximum atomic E-state index is 13.2. The van der Waals surface area contributed by atoms with E-state index < -0.39 is 47.9 Å². The van der Waals surface area contributed by atoms with Crippen molar-refractivity contribution in [3.05, 3.63) is 29.8 Å². The van der Waals surface area contributed by atoms with E-state index in [4.69, 9.17) is 10.8 Å². The maximum absolute atomic E-state index is 13.2. The van der Waals surface area contributed by atoms with Gasteiger partial charge in [0.05, 0.1) is 6.04 Å². The number of nitrogens with one attached hydrogen (secondary N) is 3. The lowest BCUT2D eigenvalue weighted by atomic mass is 9.94. The van der Waals surface area contributed by atoms with Crippen LogP contribution in [-0.2, 0) is 25.6 Å². The fourth-order valence-corrected chi connectivity index (χ4v) is 3.25. The zero-order valence-corrected chi connectivity index (χ0v) is 20.5. The van der Waals surface area contributed by atoms with Crippen LogP contribution in [0, 0.1) is 11.8 Å². The Balaban J connectivity index is 2.96. The molecule has 1 aromatic carbocycles. The van der Waals surface area contributed by atoms with Gasteiger partial charge in [0.25, 0.3) is 0 Å². The summed E-state index contributed by atoms with van der Waals surface area (Å²) >= 11 is 0. The van der Waals surface area contributed by atoms with Crippen LogP contribution in [0.2, 0.25) is 0 Å². The second-order valence-corrected chi connectivity index (χ2v) is 8.79. The minimum atomic E-state index is -1.19. The predicted molar refractivity (Wildman–Crippen MR) is 128 cm³/mol. The van der Waals surface area contributed by atoms with E-state index in [9.17, 15) is 24.3 Å². The summed E-state index contributed by atoms with van der Waals surface area (Å²) in [7, 11) is 0. The van der Waals surface area contributed by atoms with Crippen LogP contribution in [0.15, 0.2) is 24.3 Å². The Hall–Kier alpha value is -3.14. The largest absolute Gasteiger partial charge is 0.508 e. The van der Waals surface area contributed by atoms with E-state index in [0.29, 0.717) is 12.8 Å². The molecule has 7 N–H and O–H groups in total. The topological polar surface area (TPSA) is 171 Å². The number of aromatic hydroxyl groups is 1. The van der Waals surface area contributed by atoms with E-state index in [1.807, 2.05) is 13.8 Å². The molecular weight excluding hydrogens is 440 g/mol. The van der Waals surface area contributed by atoms with Crippen molar-refractivity contribution in [2.24, 2.45) is 17.6 Å². The van der Waals surface area contributed by atoms with Crippen molar-refractivity contribution in [1.29, 1.82) is 0 Å². The molecule has 190 valence electrons. The molecule has 0 heterocycles. The Morgan fingerprint density at radius 1 is 0.824 bits per heavy atom. The lowest BCUT2D eigenvalue weighted by Gasteiger charge is -2.29. The van der Waals surface area contributed by atoms with Crippen LogP contribution in [0.1, 0.15) is 53.0 Å². The Bertz CT molecular complexity index is 844. The molecule has 0 saturated carbocycles. The maximum Gasteiger partial charge on any atom is 0.325 e. The summed E-state index contributed by atoms with van der Waals surface area (Å²) < 4.78 is 0. The minimum absolute atomic E-state index is 0.105. The van der Waals surface area contributed by atoms with Gasteiger partial charge in [0.1, 0.15) is 23.9 Å². The number of benzene rings is 1. The van der Waals surface area contributed by atoms with E-state index in [0.717, 1.165) is 5.56 Å². The molecule has 0 spiro atoms. The molecule has 0 aromatic heterocycles. The van der Waals surface area contributed by atoms with E-state index in [1.54, 1.807) is 26.0 Å². The van der Waals surface area contributed by atoms with Crippen LogP contribution in [0.4, 0.5) is 0 Å². The molecule has 1 aromatic rings. The van der Waals surface area contributed by atoms with Gasteiger partial charge in [-0.25, -0.2) is 0 Å². The smallest absolute Gasteiger partial charge is 0.325 e. The summed E-state index contributed by atoms with van der Waals surface area (Å²) in [6.07, 6.45) is 1.37. The van der Waals surface area contributed by atoms with Crippen molar-refractivity contribution >= 4 is 23.7 Å². The van der Waals surface area contributed by atoms with Crippen molar-refractivity contribution < 1.29 is 29.4 Å². The number of phenols is 1. The number of hydrogen-bond acceptors (Lipinski definition) is 6. The van der Waals surface area contributed by atoms with Gasteiger partial charge >= 0.3 is 5.97 Å². The predicted octanol–water partition coefficient (Wildman–Crippen LogP) is 0.913. The van der Waals surface area contributed by atoms with Gasteiger partial charge < -0.3 is 31.9 Å². The first-order valence-corrected chi connectivity index (χ1v) is 11.6. The second-order valence-electron chi connectivity index (χ2n) is 8.79. The van der Waals surface area contributed by atoms with Crippen molar-refractivity contribution in [2.75, 3.05) is 0 Å². The zero-order valence-electron chi connectivity index (χ0n) is 20.5. The molecule has 0 aliphatic carbocycles. The molecule has 0 aliphatic heterocycles. The number of rotatable bonds is 13. The highest BCUT2D eigenvalue weighted by atomic mass is 16.4. The van der Waals surface area contributed by atoms with Gasteiger partial charge in [-0.2, -0.15) is 0 Å². The molecule has 34 heavy (non-hydrogen) atoms. The summed E-state index contributed by atoms with van der Waals surface area (Å²) in [4.78, 5) is 49.7. The van der Waals surface area contributed by atoms with Gasteiger partial charge in [-0.1, -0.05) is 52.7 Å². The van der Waals surface area contributed by atoms with Crippen molar-refractivity contribution in [3.63, 3.8) is 0 Å². The highest BCUT2D eigenvalue weighted by Gasteiger charge is 2.33. The molecule has 1 rings (SSSR count). The first-order chi connectivity index (χ1) is 15.9. The number of carbonyl (C=O) groups excluding carboxylic acids is 3. The monoisotopic (exact) mass is 478 g/mol. The SMILES string of the molecule is CCC(C)C(NC(=O)C(N)Cc1ccc(O)cc1)C(=O)NC(C(=O)NC(C)C(=O)O)C(C)CC. The highest BCUT2D eigenvalue weighted by molar-refractivity contribution is 5.94. The lowest BCUT2D eigenvalue weighted by molar-refractivity contribution is -0.142. The first-order valence-electron chi connectivity index (χ1n) is 11.6. The Morgan fingerprint density at radius 2 is 1.26 bits per heavy atom. The number of nitrogens with two attached hydrogens (primary N) is 1. The van der Waals surface area contributed by atoms with E-state index >= 15 is 0 Å². The van der Waals surface area contributed by atoms with E-state index in [-0.39, 0.29) is 24.0 Å². The Kier molecular flexibility index (Phi) is 11.5. The molecule has 0 fully saturated rings. The number of carboxylic acids is 1. The summed E-state index contributed by atoms with van der Waals surface area (Å²) in [6.45, 7) is 8.66. The molecule has 10 nitrogen and oxygen atoms in total. The van der Waals surface area contributed by atoms with E-state index in [1.165, 1.54) is 19.1 Å². The molecule has 0 radical (unpaired) electrons. The fourth-order valence-electron chi connectivity index (χ4n) is 3.25. The van der Waals surface area contributed by atoms with Crippen LogP contribution in [-0.4, -0.2) is 58.1 Å². The second kappa shape index (κ2) is 13.5. The zero-order chi connectivity index (χ0) is 26.0. The normalized spacial score (nSPS) is 16.3. The molecular formula is C24H38N4O6. The van der Waals surface area contributed by atoms with Gasteiger partial charge in [-0.3, -0.25) is 19.2 Å². The van der Waals surface area contributed by atoms with Gasteiger partial charge in [0, 0.05) is 0 Å². The van der Waals surface area contributed by atoms with Crippen LogP contribution < -0.4 is 21.7 Å². The number of carboxylic acid groups (broad SMARTS) is 1. The van der Waals surface area contributed by atoms with Crippen molar-refractivity contribution in [1.82, 2.24) is 16.0 Å². The van der Waals surface area contributed by atoms with Gasteiger partial charge in [-0.15, -0.1) is 0 Å². The van der Waals surface area contributed by atoms with Crippen LogP contribution >= 0.6 is 0 Å². The minimum Gasteiger partial charge on any atom is -0.508 e. The molecule has 6 atom stereocenters. The van der Waals surface area contributed by atoms with Crippen molar-refractivity contribution in [2.45, 2.75) is 78.0 Å². The lowest BCUT2D eigenvalue weighted by Crippen LogP contribution is -2.59. The molecule has 10 heteroatoms. The average molecular weight is 479 g/mol. The van der Waals surface area contributed by atoms with Gasteiger partial charge in [0.15, 0.2) is 0 Å². The number of aliphatic carboxylic acids is 1. The number of hydrogen-bond donors (Lipinski definition) is 6.